The topological polar surface area (TPSA) is 29.1 Å². The van der Waals surface area contributed by atoms with Crippen molar-refractivity contribution in [2.75, 3.05) is 7.05 Å². The van der Waals surface area contributed by atoms with Gasteiger partial charge in [0.15, 0.2) is 0 Å². The van der Waals surface area contributed by atoms with E-state index in [1.54, 1.807) is 0 Å². The Balaban J connectivity index is 1.96. The zero-order chi connectivity index (χ0) is 10.5. The van der Waals surface area contributed by atoms with Crippen molar-refractivity contribution in [3.63, 3.8) is 0 Å². The zero-order valence-electron chi connectivity index (χ0n) is 9.59. The van der Waals surface area contributed by atoms with E-state index in [2.05, 4.69) is 5.32 Å². The lowest BCUT2D eigenvalue weighted by molar-refractivity contribution is -0.152. The third-order valence-corrected chi connectivity index (χ3v) is 5.33. The molecule has 1 N–H and O–H groups in total. The Morgan fingerprint density at radius 1 is 1.33 bits per heavy atom. The van der Waals surface area contributed by atoms with Crippen LogP contribution in [-0.2, 0) is 4.79 Å². The van der Waals surface area contributed by atoms with E-state index in [0.29, 0.717) is 5.91 Å². The fourth-order valence-corrected chi connectivity index (χ4v) is 4.85. The van der Waals surface area contributed by atoms with Crippen LogP contribution in [0.15, 0.2) is 0 Å². The molecule has 0 aromatic carbocycles. The summed E-state index contributed by atoms with van der Waals surface area (Å²) in [5, 5.41) is 2.93. The van der Waals surface area contributed by atoms with Crippen LogP contribution in [0.2, 0.25) is 0 Å². The SMILES string of the molecule is CNC(=O)[C@@]12CCC[C@H]3C[C@@H](CC[C@H]31)C2. The zero-order valence-corrected chi connectivity index (χ0v) is 9.59. The lowest BCUT2D eigenvalue weighted by atomic mass is 9.47. The molecule has 4 rings (SSSR count). The van der Waals surface area contributed by atoms with E-state index in [4.69, 9.17) is 0 Å². The van der Waals surface area contributed by atoms with Gasteiger partial charge >= 0.3 is 0 Å². The summed E-state index contributed by atoms with van der Waals surface area (Å²) in [5.74, 6) is 2.80. The second-order valence-corrected chi connectivity index (χ2v) is 5.88. The van der Waals surface area contributed by atoms with Crippen molar-refractivity contribution in [2.24, 2.45) is 23.2 Å². The molecule has 0 spiro atoms. The van der Waals surface area contributed by atoms with Gasteiger partial charge in [0.2, 0.25) is 5.91 Å². The molecular formula is C13H21NO. The normalized spacial score (nSPS) is 47.7. The van der Waals surface area contributed by atoms with Gasteiger partial charge in [-0.3, -0.25) is 4.79 Å². The molecule has 4 bridgehead atoms. The third-order valence-electron chi connectivity index (χ3n) is 5.33. The van der Waals surface area contributed by atoms with Crippen LogP contribution in [0.1, 0.15) is 44.9 Å². The molecule has 4 atom stereocenters. The number of rotatable bonds is 1. The average molecular weight is 207 g/mol. The van der Waals surface area contributed by atoms with Crippen molar-refractivity contribution >= 4 is 5.91 Å². The van der Waals surface area contributed by atoms with Crippen LogP contribution < -0.4 is 5.32 Å². The molecule has 0 heterocycles. The Labute approximate surface area is 91.8 Å². The van der Waals surface area contributed by atoms with Gasteiger partial charge in [0, 0.05) is 7.05 Å². The standard InChI is InChI=1S/C13H21NO/c1-14-12(15)13-6-2-3-10-7-9(8-13)4-5-11(10)13/h9-11H,2-8H2,1H3,(H,14,15)/t9-,10+,11-,13-/m1/s1. The van der Waals surface area contributed by atoms with Crippen molar-refractivity contribution in [2.45, 2.75) is 44.9 Å². The summed E-state index contributed by atoms with van der Waals surface area (Å²) in [6.07, 6.45) is 9.14. The summed E-state index contributed by atoms with van der Waals surface area (Å²) in [5.41, 5.74) is 0.0544. The molecule has 0 saturated heterocycles. The van der Waals surface area contributed by atoms with Gasteiger partial charge in [0.05, 0.1) is 5.41 Å². The van der Waals surface area contributed by atoms with E-state index in [0.717, 1.165) is 24.2 Å². The highest BCUT2D eigenvalue weighted by molar-refractivity contribution is 5.83. The maximum atomic E-state index is 12.2. The fraction of sp³-hybridized carbons (Fsp3) is 0.923. The molecule has 1 amide bonds. The fourth-order valence-electron chi connectivity index (χ4n) is 4.85. The third kappa shape index (κ3) is 1.20. The van der Waals surface area contributed by atoms with Crippen LogP contribution in [0.4, 0.5) is 0 Å². The lowest BCUT2D eigenvalue weighted by Crippen LogP contribution is -2.56. The minimum Gasteiger partial charge on any atom is -0.359 e. The van der Waals surface area contributed by atoms with E-state index in [9.17, 15) is 4.79 Å². The van der Waals surface area contributed by atoms with Gasteiger partial charge < -0.3 is 5.32 Å². The molecule has 0 unspecified atom stereocenters. The molecule has 0 aliphatic heterocycles. The first-order valence-corrected chi connectivity index (χ1v) is 6.48. The van der Waals surface area contributed by atoms with Crippen molar-refractivity contribution in [3.8, 4) is 0 Å². The summed E-state index contributed by atoms with van der Waals surface area (Å²) in [4.78, 5) is 12.2. The molecule has 15 heavy (non-hydrogen) atoms. The van der Waals surface area contributed by atoms with E-state index >= 15 is 0 Å². The Morgan fingerprint density at radius 2 is 2.20 bits per heavy atom. The van der Waals surface area contributed by atoms with Gasteiger partial charge in [-0.2, -0.15) is 0 Å². The number of carbonyl (C=O) groups excluding carboxylic acids is 1. The minimum absolute atomic E-state index is 0.0544. The Bertz CT molecular complexity index is 288. The first-order chi connectivity index (χ1) is 7.26. The predicted octanol–water partition coefficient (Wildman–Crippen LogP) is 2.34. The molecule has 4 saturated carbocycles. The molecular weight excluding hydrogens is 186 g/mol. The van der Waals surface area contributed by atoms with Crippen LogP contribution in [0.3, 0.4) is 0 Å². The van der Waals surface area contributed by atoms with Crippen LogP contribution in [-0.4, -0.2) is 13.0 Å². The van der Waals surface area contributed by atoms with E-state index in [1.807, 2.05) is 7.05 Å². The Morgan fingerprint density at radius 3 is 2.93 bits per heavy atom. The molecule has 2 heteroatoms. The van der Waals surface area contributed by atoms with Crippen LogP contribution in [0.5, 0.6) is 0 Å². The second-order valence-electron chi connectivity index (χ2n) is 5.88. The monoisotopic (exact) mass is 207 g/mol. The van der Waals surface area contributed by atoms with Crippen molar-refractivity contribution in [3.05, 3.63) is 0 Å². The highest BCUT2D eigenvalue weighted by Gasteiger charge is 2.56. The Hall–Kier alpha value is -0.530. The second kappa shape index (κ2) is 3.23. The van der Waals surface area contributed by atoms with Crippen molar-refractivity contribution in [1.29, 1.82) is 0 Å². The van der Waals surface area contributed by atoms with E-state index < -0.39 is 0 Å². The van der Waals surface area contributed by atoms with Gasteiger partial charge in [0.1, 0.15) is 0 Å². The van der Waals surface area contributed by atoms with E-state index in [1.165, 1.54) is 38.5 Å². The minimum atomic E-state index is 0.0544. The maximum Gasteiger partial charge on any atom is 0.226 e. The van der Waals surface area contributed by atoms with Crippen LogP contribution >= 0.6 is 0 Å². The molecule has 84 valence electrons. The van der Waals surface area contributed by atoms with Crippen LogP contribution in [0.25, 0.3) is 0 Å². The lowest BCUT2D eigenvalue weighted by Gasteiger charge is -2.57. The molecule has 4 aliphatic rings. The maximum absolute atomic E-state index is 12.2. The number of carbonyl (C=O) groups is 1. The quantitative estimate of drug-likeness (QED) is 0.702. The summed E-state index contributed by atoms with van der Waals surface area (Å²) in [6.45, 7) is 0. The number of hydrogen-bond acceptors (Lipinski definition) is 1. The summed E-state index contributed by atoms with van der Waals surface area (Å²) < 4.78 is 0. The molecule has 0 aromatic rings. The number of fused-ring (bicyclic) bond motifs is 1. The molecule has 0 aromatic heterocycles. The number of amides is 1. The molecule has 0 radical (unpaired) electrons. The molecule has 4 aliphatic carbocycles. The van der Waals surface area contributed by atoms with Crippen LogP contribution in [0, 0.1) is 23.2 Å². The van der Waals surface area contributed by atoms with Gasteiger partial charge in [-0.25, -0.2) is 0 Å². The van der Waals surface area contributed by atoms with E-state index in [-0.39, 0.29) is 5.41 Å². The first kappa shape index (κ1) is 9.68. The highest BCUT2D eigenvalue weighted by atomic mass is 16.2. The van der Waals surface area contributed by atoms with Gasteiger partial charge in [-0.1, -0.05) is 19.3 Å². The largest absolute Gasteiger partial charge is 0.359 e. The van der Waals surface area contributed by atoms with Gasteiger partial charge in [-0.05, 0) is 43.4 Å². The first-order valence-electron chi connectivity index (χ1n) is 6.48. The summed E-state index contributed by atoms with van der Waals surface area (Å²) >= 11 is 0. The number of nitrogens with one attached hydrogen (secondary N) is 1. The molecule has 4 fully saturated rings. The number of hydrogen-bond donors (Lipinski definition) is 1. The average Bonchev–Trinajstić information content (AvgIpc) is 2.28. The Kier molecular flexibility index (Phi) is 2.08. The summed E-state index contributed by atoms with van der Waals surface area (Å²) in [7, 11) is 1.81. The predicted molar refractivity (Wildman–Crippen MR) is 59.3 cm³/mol. The van der Waals surface area contributed by atoms with Crippen molar-refractivity contribution < 1.29 is 4.79 Å². The van der Waals surface area contributed by atoms with Crippen molar-refractivity contribution in [1.82, 2.24) is 5.32 Å². The highest BCUT2D eigenvalue weighted by Crippen LogP contribution is 2.61. The smallest absolute Gasteiger partial charge is 0.226 e. The van der Waals surface area contributed by atoms with Gasteiger partial charge in [0.25, 0.3) is 0 Å². The molecule has 2 nitrogen and oxygen atoms in total. The summed E-state index contributed by atoms with van der Waals surface area (Å²) in [6, 6.07) is 0. The van der Waals surface area contributed by atoms with Gasteiger partial charge in [-0.15, -0.1) is 0 Å².